The minimum atomic E-state index is 0.235. The van der Waals surface area contributed by atoms with Crippen LogP contribution in [-0.4, -0.2) is 81.2 Å². The Labute approximate surface area is 235 Å². The summed E-state index contributed by atoms with van der Waals surface area (Å²) in [5, 5.41) is 5.03. The first-order valence-electron chi connectivity index (χ1n) is 14.6. The highest BCUT2D eigenvalue weighted by atomic mass is 16.7. The van der Waals surface area contributed by atoms with E-state index in [1.165, 1.54) is 25.9 Å². The van der Waals surface area contributed by atoms with Crippen molar-refractivity contribution in [3.63, 3.8) is 0 Å². The lowest BCUT2D eigenvalue weighted by atomic mass is 10.0. The summed E-state index contributed by atoms with van der Waals surface area (Å²) in [5.41, 5.74) is 0.872. The van der Waals surface area contributed by atoms with Gasteiger partial charge in [-0.1, -0.05) is 26.0 Å². The van der Waals surface area contributed by atoms with E-state index in [4.69, 9.17) is 28.7 Å². The van der Waals surface area contributed by atoms with Crippen LogP contribution in [0.1, 0.15) is 33.1 Å². The fourth-order valence-corrected chi connectivity index (χ4v) is 5.83. The largest absolute Gasteiger partial charge is 0.493 e. The second-order valence-electron chi connectivity index (χ2n) is 10.5. The van der Waals surface area contributed by atoms with Gasteiger partial charge in [-0.25, -0.2) is 4.98 Å². The first-order valence-corrected chi connectivity index (χ1v) is 14.6. The molecule has 8 nitrogen and oxygen atoms in total. The highest BCUT2D eigenvalue weighted by Crippen LogP contribution is 2.43. The lowest BCUT2D eigenvalue weighted by Crippen LogP contribution is -2.27. The van der Waals surface area contributed by atoms with Crippen molar-refractivity contribution in [3.05, 3.63) is 36.4 Å². The number of pyridine rings is 1. The van der Waals surface area contributed by atoms with Crippen LogP contribution in [-0.2, 0) is 0 Å². The number of likely N-dealkylation sites (tertiary alicyclic amines) is 1. The van der Waals surface area contributed by atoms with Crippen LogP contribution in [0.2, 0.25) is 0 Å². The van der Waals surface area contributed by atoms with Crippen molar-refractivity contribution >= 4 is 32.4 Å². The predicted molar refractivity (Wildman–Crippen MR) is 158 cm³/mol. The van der Waals surface area contributed by atoms with Gasteiger partial charge in [-0.05, 0) is 75.1 Å². The molecular formula is C32H39N3O5. The number of methoxy groups -OCH3 is 1. The van der Waals surface area contributed by atoms with Gasteiger partial charge in [0.1, 0.15) is 6.61 Å². The van der Waals surface area contributed by atoms with Crippen LogP contribution in [0.4, 0.5) is 0 Å². The summed E-state index contributed by atoms with van der Waals surface area (Å²) in [7, 11) is 1.68. The number of hydrogen-bond acceptors (Lipinski definition) is 8. The first kappa shape index (κ1) is 26.7. The molecule has 1 fully saturated rings. The Morgan fingerprint density at radius 3 is 2.40 bits per heavy atom. The molecule has 0 spiro atoms. The molecule has 3 heterocycles. The van der Waals surface area contributed by atoms with E-state index < -0.39 is 0 Å². The van der Waals surface area contributed by atoms with Crippen LogP contribution in [0.25, 0.3) is 32.4 Å². The molecule has 3 aromatic carbocycles. The zero-order valence-corrected chi connectivity index (χ0v) is 23.8. The van der Waals surface area contributed by atoms with Gasteiger partial charge in [-0.2, -0.15) is 0 Å². The Bertz CT molecular complexity index is 1500. The van der Waals surface area contributed by atoms with Gasteiger partial charge >= 0.3 is 0 Å². The van der Waals surface area contributed by atoms with E-state index in [2.05, 4.69) is 41.8 Å². The summed E-state index contributed by atoms with van der Waals surface area (Å²) in [5.74, 6) is 3.52. The zero-order chi connectivity index (χ0) is 27.5. The minimum absolute atomic E-state index is 0.235. The van der Waals surface area contributed by atoms with E-state index in [9.17, 15) is 0 Å². The normalized spacial score (nSPS) is 15.1. The smallest absolute Gasteiger partial charge is 0.231 e. The van der Waals surface area contributed by atoms with E-state index in [0.29, 0.717) is 24.8 Å². The third kappa shape index (κ3) is 5.30. The molecule has 6 rings (SSSR count). The van der Waals surface area contributed by atoms with Gasteiger partial charge in [0.05, 0.1) is 19.2 Å². The van der Waals surface area contributed by atoms with Crippen molar-refractivity contribution in [2.45, 2.75) is 33.1 Å². The van der Waals surface area contributed by atoms with Gasteiger partial charge < -0.3 is 33.5 Å². The quantitative estimate of drug-likeness (QED) is 0.162. The van der Waals surface area contributed by atoms with Gasteiger partial charge in [-0.15, -0.1) is 0 Å². The average molecular weight is 546 g/mol. The molecule has 2 aliphatic heterocycles. The second-order valence-corrected chi connectivity index (χ2v) is 10.5. The molecule has 0 bridgehead atoms. The van der Waals surface area contributed by atoms with Gasteiger partial charge in [0.15, 0.2) is 23.0 Å². The van der Waals surface area contributed by atoms with Crippen molar-refractivity contribution in [1.29, 1.82) is 0 Å². The Hall–Kier alpha value is -3.49. The van der Waals surface area contributed by atoms with Crippen molar-refractivity contribution < 1.29 is 23.7 Å². The molecule has 8 heteroatoms. The summed E-state index contributed by atoms with van der Waals surface area (Å²) < 4.78 is 29.8. The maximum absolute atomic E-state index is 6.41. The van der Waals surface area contributed by atoms with Gasteiger partial charge in [-0.3, -0.25) is 0 Å². The Balaban J connectivity index is 1.41. The van der Waals surface area contributed by atoms with Crippen LogP contribution in [0.3, 0.4) is 0 Å². The lowest BCUT2D eigenvalue weighted by molar-refractivity contribution is 0.174. The zero-order valence-electron chi connectivity index (χ0n) is 23.8. The van der Waals surface area contributed by atoms with Gasteiger partial charge in [0.25, 0.3) is 0 Å². The molecule has 1 saturated heterocycles. The summed E-state index contributed by atoms with van der Waals surface area (Å²) in [4.78, 5) is 9.96. The number of fused-ring (bicyclic) bond motifs is 6. The fraction of sp³-hybridized carbons (Fsp3) is 0.469. The van der Waals surface area contributed by atoms with Crippen LogP contribution < -0.4 is 23.7 Å². The molecule has 212 valence electrons. The van der Waals surface area contributed by atoms with Crippen LogP contribution >= 0.6 is 0 Å². The van der Waals surface area contributed by atoms with E-state index in [-0.39, 0.29) is 6.79 Å². The van der Waals surface area contributed by atoms with Crippen molar-refractivity contribution in [1.82, 2.24) is 14.8 Å². The molecule has 0 N–H and O–H groups in total. The van der Waals surface area contributed by atoms with E-state index in [0.717, 1.165) is 82.3 Å². The topological polar surface area (TPSA) is 65.5 Å². The number of nitrogens with zero attached hydrogens (tertiary/aromatic N) is 3. The molecule has 0 saturated carbocycles. The monoisotopic (exact) mass is 545 g/mol. The predicted octanol–water partition coefficient (Wildman–Crippen LogP) is 5.86. The number of hydrogen-bond donors (Lipinski definition) is 0. The molecule has 0 amide bonds. The van der Waals surface area contributed by atoms with E-state index in [1.807, 2.05) is 18.2 Å². The molecule has 0 aliphatic carbocycles. The van der Waals surface area contributed by atoms with Gasteiger partial charge in [0.2, 0.25) is 12.7 Å². The number of benzene rings is 3. The molecule has 0 unspecified atom stereocenters. The molecule has 40 heavy (non-hydrogen) atoms. The van der Waals surface area contributed by atoms with Crippen LogP contribution in [0, 0.1) is 0 Å². The molecule has 2 aliphatic rings. The standard InChI is InChI=1S/C32H39N3O5/c1-4-34(5-2)14-16-37-29-19-25-23-10-9-22-17-28-30(40-21-39-28)18-24(22)31(23)33-32(26(25)20-27(29)36-3)38-15-8-13-35-11-6-7-12-35/h9-10,17-20H,4-8,11-16,21H2,1-3H3. The van der Waals surface area contributed by atoms with Crippen LogP contribution in [0.15, 0.2) is 36.4 Å². The third-order valence-electron chi connectivity index (χ3n) is 8.14. The Morgan fingerprint density at radius 1 is 0.850 bits per heavy atom. The van der Waals surface area contributed by atoms with Crippen molar-refractivity contribution in [2.24, 2.45) is 0 Å². The van der Waals surface area contributed by atoms with Gasteiger partial charge in [0, 0.05) is 34.6 Å². The lowest BCUT2D eigenvalue weighted by Gasteiger charge is -2.20. The maximum Gasteiger partial charge on any atom is 0.231 e. The number of likely N-dealkylation sites (N-methyl/N-ethyl adjacent to an activating group) is 1. The molecule has 1 aromatic heterocycles. The third-order valence-corrected chi connectivity index (χ3v) is 8.14. The van der Waals surface area contributed by atoms with Crippen molar-refractivity contribution in [3.8, 4) is 28.9 Å². The summed E-state index contributed by atoms with van der Waals surface area (Å²) in [6, 6.07) is 12.4. The molecule has 0 atom stereocenters. The van der Waals surface area contributed by atoms with Crippen LogP contribution in [0.5, 0.6) is 28.9 Å². The minimum Gasteiger partial charge on any atom is -0.493 e. The fourth-order valence-electron chi connectivity index (χ4n) is 5.83. The highest BCUT2D eigenvalue weighted by molar-refractivity contribution is 6.17. The Kier molecular flexibility index (Phi) is 7.98. The molecular weight excluding hydrogens is 506 g/mol. The average Bonchev–Trinajstić information content (AvgIpc) is 3.68. The first-order chi connectivity index (χ1) is 19.7. The summed E-state index contributed by atoms with van der Waals surface area (Å²) in [6.45, 7) is 12.0. The molecule has 4 aromatic rings. The van der Waals surface area contributed by atoms with E-state index in [1.54, 1.807) is 7.11 Å². The number of rotatable bonds is 12. The SMILES string of the molecule is CCN(CC)CCOc1cc2c(cc1OC)c(OCCCN1CCCC1)nc1c3cc4c(cc3ccc21)OCO4. The number of aromatic nitrogens is 1. The number of ether oxygens (including phenoxy) is 5. The highest BCUT2D eigenvalue weighted by Gasteiger charge is 2.20. The van der Waals surface area contributed by atoms with E-state index >= 15 is 0 Å². The molecule has 0 radical (unpaired) electrons. The summed E-state index contributed by atoms with van der Waals surface area (Å²) >= 11 is 0. The van der Waals surface area contributed by atoms with Crippen molar-refractivity contribution in [2.75, 3.05) is 66.4 Å². The second kappa shape index (κ2) is 11.9. The Morgan fingerprint density at radius 2 is 1.62 bits per heavy atom. The summed E-state index contributed by atoms with van der Waals surface area (Å²) in [6.07, 6.45) is 3.55. The maximum atomic E-state index is 6.41.